The molecule has 0 saturated heterocycles. The molecule has 0 spiro atoms. The maximum atomic E-state index is 11.7. The van der Waals surface area contributed by atoms with Gasteiger partial charge in [-0.2, -0.15) is 0 Å². The van der Waals surface area contributed by atoms with Gasteiger partial charge in [-0.3, -0.25) is 9.59 Å². The second-order valence-electron chi connectivity index (χ2n) is 4.12. The molecule has 1 atom stereocenters. The minimum absolute atomic E-state index is 0.117. The second kappa shape index (κ2) is 6.58. The van der Waals surface area contributed by atoms with Gasteiger partial charge in [0.25, 0.3) is 0 Å². The smallest absolute Gasteiger partial charge is 0.306 e. The Kier molecular flexibility index (Phi) is 6.15. The van der Waals surface area contributed by atoms with Crippen molar-refractivity contribution in [2.24, 2.45) is 0 Å². The molecule has 0 aromatic rings. The van der Waals surface area contributed by atoms with E-state index in [2.05, 4.69) is 10.1 Å². The van der Waals surface area contributed by atoms with E-state index < -0.39 is 32.7 Å². The number of amides is 1. The molecule has 0 rings (SSSR count). The van der Waals surface area contributed by atoms with Crippen LogP contribution in [-0.2, 0) is 24.2 Å². The van der Waals surface area contributed by atoms with Crippen LogP contribution in [0.1, 0.15) is 27.2 Å². The topological polar surface area (TPSA) is 89.5 Å². The van der Waals surface area contributed by atoms with Crippen LogP contribution in [0, 0.1) is 0 Å². The molecule has 0 heterocycles. The molecule has 0 bridgehead atoms. The molecule has 17 heavy (non-hydrogen) atoms. The van der Waals surface area contributed by atoms with Crippen LogP contribution in [0.15, 0.2) is 0 Å². The third-order valence-corrected chi connectivity index (χ3v) is 4.13. The Bertz CT molecular complexity index is 374. The van der Waals surface area contributed by atoms with Gasteiger partial charge in [0, 0.05) is 6.04 Å². The van der Waals surface area contributed by atoms with Crippen LogP contribution < -0.4 is 5.32 Å². The number of ether oxygens (including phenoxy) is 1. The third kappa shape index (κ3) is 6.25. The zero-order chi connectivity index (χ0) is 13.6. The Balaban J connectivity index is 4.47. The molecule has 0 fully saturated rings. The number of nitrogens with one attached hydrogen (secondary N) is 1. The van der Waals surface area contributed by atoms with E-state index in [1.54, 1.807) is 13.8 Å². The van der Waals surface area contributed by atoms with Crippen molar-refractivity contribution in [1.82, 2.24) is 5.32 Å². The van der Waals surface area contributed by atoms with Gasteiger partial charge < -0.3 is 10.1 Å². The molecule has 1 unspecified atom stereocenters. The predicted molar refractivity (Wildman–Crippen MR) is 63.2 cm³/mol. The van der Waals surface area contributed by atoms with Crippen molar-refractivity contribution in [1.29, 1.82) is 0 Å². The number of hydrogen-bond donors (Lipinski definition) is 1. The number of methoxy groups -OCH3 is 1. The highest BCUT2D eigenvalue weighted by Gasteiger charge is 2.26. The van der Waals surface area contributed by atoms with E-state index in [0.717, 1.165) is 0 Å². The van der Waals surface area contributed by atoms with E-state index in [1.165, 1.54) is 14.0 Å². The summed E-state index contributed by atoms with van der Waals surface area (Å²) in [5, 5.41) is 1.56. The van der Waals surface area contributed by atoms with Crippen molar-refractivity contribution in [3.05, 3.63) is 0 Å². The van der Waals surface area contributed by atoms with Gasteiger partial charge in [0.2, 0.25) is 5.91 Å². The summed E-state index contributed by atoms with van der Waals surface area (Å²) in [5.74, 6) is -1.77. The van der Waals surface area contributed by atoms with E-state index in [0.29, 0.717) is 0 Å². The van der Waals surface area contributed by atoms with E-state index in [-0.39, 0.29) is 12.5 Å². The largest absolute Gasteiger partial charge is 0.469 e. The lowest BCUT2D eigenvalue weighted by atomic mass is 10.3. The maximum absolute atomic E-state index is 11.7. The number of carbonyl (C=O) groups excluding carboxylic acids is 2. The van der Waals surface area contributed by atoms with Crippen LogP contribution in [-0.4, -0.2) is 44.4 Å². The molecule has 0 saturated carbocycles. The first-order valence-electron chi connectivity index (χ1n) is 5.26. The highest BCUT2D eigenvalue weighted by atomic mass is 32.2. The lowest BCUT2D eigenvalue weighted by Gasteiger charge is -2.13. The summed E-state index contributed by atoms with van der Waals surface area (Å²) >= 11 is 0. The Morgan fingerprint density at radius 1 is 1.24 bits per heavy atom. The fraction of sp³-hybridized carbons (Fsp3) is 0.800. The molecule has 6 nitrogen and oxygen atoms in total. The summed E-state index contributed by atoms with van der Waals surface area (Å²) in [5.41, 5.74) is 0. The van der Waals surface area contributed by atoms with Crippen LogP contribution in [0.4, 0.5) is 0 Å². The highest BCUT2D eigenvalue weighted by molar-refractivity contribution is 7.92. The van der Waals surface area contributed by atoms with E-state index in [4.69, 9.17) is 0 Å². The third-order valence-electron chi connectivity index (χ3n) is 2.08. The fourth-order valence-corrected chi connectivity index (χ4v) is 2.26. The number of esters is 1. The van der Waals surface area contributed by atoms with Gasteiger partial charge in [0.05, 0.1) is 18.8 Å². The summed E-state index contributed by atoms with van der Waals surface area (Å²) in [4.78, 5) is 22.3. The first-order chi connectivity index (χ1) is 7.69. The number of hydrogen-bond acceptors (Lipinski definition) is 5. The normalized spacial score (nSPS) is 13.2. The van der Waals surface area contributed by atoms with Crippen LogP contribution in [0.25, 0.3) is 0 Å². The molecule has 0 aromatic carbocycles. The first-order valence-corrected chi connectivity index (χ1v) is 6.98. The highest BCUT2D eigenvalue weighted by Crippen LogP contribution is 2.07. The van der Waals surface area contributed by atoms with Gasteiger partial charge >= 0.3 is 5.97 Å². The number of carbonyl (C=O) groups is 2. The molecular weight excluding hydrogens is 246 g/mol. The monoisotopic (exact) mass is 265 g/mol. The van der Waals surface area contributed by atoms with Crippen molar-refractivity contribution < 1.29 is 22.7 Å². The summed E-state index contributed by atoms with van der Waals surface area (Å²) in [6.07, 6.45) is -0.242. The number of sulfone groups is 1. The predicted octanol–water partition coefficient (Wildman–Crippen LogP) is -0.123. The van der Waals surface area contributed by atoms with Crippen LogP contribution in [0.2, 0.25) is 0 Å². The van der Waals surface area contributed by atoms with Gasteiger partial charge in [0.1, 0.15) is 5.75 Å². The lowest BCUT2D eigenvalue weighted by Crippen LogP contribution is -2.38. The minimum Gasteiger partial charge on any atom is -0.469 e. The first kappa shape index (κ1) is 15.9. The Hall–Kier alpha value is -1.11. The van der Waals surface area contributed by atoms with Crippen molar-refractivity contribution >= 4 is 21.7 Å². The van der Waals surface area contributed by atoms with E-state index >= 15 is 0 Å². The van der Waals surface area contributed by atoms with Gasteiger partial charge in [-0.15, -0.1) is 0 Å². The SMILES string of the molecule is COC(=O)CC(C)S(=O)(=O)CC(=O)NC(C)C. The lowest BCUT2D eigenvalue weighted by molar-refractivity contribution is -0.140. The zero-order valence-electron chi connectivity index (χ0n) is 10.5. The van der Waals surface area contributed by atoms with Gasteiger partial charge in [-0.25, -0.2) is 8.42 Å². The van der Waals surface area contributed by atoms with Crippen molar-refractivity contribution in [3.63, 3.8) is 0 Å². The quantitative estimate of drug-likeness (QED) is 0.676. The molecular formula is C10H19NO5S. The Labute approximate surface area is 102 Å². The average molecular weight is 265 g/mol. The van der Waals surface area contributed by atoms with Gasteiger partial charge in [-0.1, -0.05) is 0 Å². The van der Waals surface area contributed by atoms with Crippen molar-refractivity contribution in [3.8, 4) is 0 Å². The Morgan fingerprint density at radius 3 is 2.18 bits per heavy atom. The van der Waals surface area contributed by atoms with Crippen LogP contribution in [0.3, 0.4) is 0 Å². The summed E-state index contributed by atoms with van der Waals surface area (Å²) < 4.78 is 27.8. The maximum Gasteiger partial charge on any atom is 0.306 e. The second-order valence-corrected chi connectivity index (χ2v) is 6.54. The van der Waals surface area contributed by atoms with Crippen molar-refractivity contribution in [2.45, 2.75) is 38.5 Å². The van der Waals surface area contributed by atoms with Gasteiger partial charge in [0.15, 0.2) is 9.84 Å². The average Bonchev–Trinajstić information content (AvgIpc) is 2.14. The summed E-state index contributed by atoms with van der Waals surface area (Å²) in [6.45, 7) is 4.86. The molecule has 0 aliphatic carbocycles. The summed E-state index contributed by atoms with van der Waals surface area (Å²) in [7, 11) is -2.44. The molecule has 100 valence electrons. The van der Waals surface area contributed by atoms with E-state index in [9.17, 15) is 18.0 Å². The van der Waals surface area contributed by atoms with Crippen molar-refractivity contribution in [2.75, 3.05) is 12.9 Å². The molecule has 0 aliphatic heterocycles. The molecule has 1 amide bonds. The molecule has 0 radical (unpaired) electrons. The Morgan fingerprint density at radius 2 is 1.76 bits per heavy atom. The van der Waals surface area contributed by atoms with Crippen LogP contribution in [0.5, 0.6) is 0 Å². The van der Waals surface area contributed by atoms with E-state index in [1.807, 2.05) is 0 Å². The standard InChI is InChI=1S/C10H19NO5S/c1-7(2)11-9(12)6-17(14,15)8(3)5-10(13)16-4/h7-8H,5-6H2,1-4H3,(H,11,12). The zero-order valence-corrected chi connectivity index (χ0v) is 11.3. The molecule has 0 aromatic heterocycles. The number of rotatable bonds is 6. The fourth-order valence-electron chi connectivity index (χ4n) is 1.13. The summed E-state index contributed by atoms with van der Waals surface area (Å²) in [6, 6.07) is -0.117. The minimum atomic E-state index is -3.62. The van der Waals surface area contributed by atoms with Gasteiger partial charge in [-0.05, 0) is 20.8 Å². The molecule has 7 heteroatoms. The molecule has 1 N–H and O–H groups in total. The molecule has 0 aliphatic rings. The van der Waals surface area contributed by atoms with Crippen LogP contribution >= 0.6 is 0 Å².